The molecule has 92 valence electrons. The van der Waals surface area contributed by atoms with Gasteiger partial charge in [-0.15, -0.1) is 0 Å². The Kier molecular flexibility index (Phi) is 1.52. The molecule has 0 radical (unpaired) electrons. The molecule has 2 nitrogen and oxygen atoms in total. The minimum absolute atomic E-state index is 0.0510. The van der Waals surface area contributed by atoms with E-state index in [-0.39, 0.29) is 14.8 Å². The monoisotopic (exact) mass is 360 g/mol. The van der Waals surface area contributed by atoms with Crippen LogP contribution in [0.3, 0.4) is 0 Å². The molecule has 6 fully saturated rings. The molecule has 6 saturated carbocycles. The van der Waals surface area contributed by atoms with Crippen LogP contribution in [0, 0.1) is 41.4 Å². The Labute approximate surface area is 117 Å². The summed E-state index contributed by atoms with van der Waals surface area (Å²) in [6, 6.07) is 0. The highest BCUT2D eigenvalue weighted by atomic mass is 79.9. The fraction of sp³-hybridized carbons (Fsp3) is 0.923. The summed E-state index contributed by atoms with van der Waals surface area (Å²) in [4.78, 5) is 11.5. The lowest BCUT2D eigenvalue weighted by molar-refractivity contribution is -0.168. The molecule has 0 aromatic rings. The highest BCUT2D eigenvalue weighted by Crippen LogP contribution is 2.89. The number of halogens is 2. The Balaban J connectivity index is 1.74. The first-order valence-electron chi connectivity index (χ1n) is 6.56. The van der Waals surface area contributed by atoms with Crippen LogP contribution in [0.4, 0.5) is 0 Å². The van der Waals surface area contributed by atoms with E-state index < -0.39 is 0 Å². The fourth-order valence-electron chi connectivity index (χ4n) is 6.95. The molecule has 0 amide bonds. The lowest BCUT2D eigenvalue weighted by Gasteiger charge is -2.41. The summed E-state index contributed by atoms with van der Waals surface area (Å²) in [5.74, 6) is 5.17. The third-order valence-electron chi connectivity index (χ3n) is 6.62. The number of hydrogen-bond donors (Lipinski definition) is 0. The molecule has 6 aliphatic carbocycles. The van der Waals surface area contributed by atoms with E-state index in [0.717, 1.165) is 30.1 Å². The number of hydrogen-bond acceptors (Lipinski definition) is 2. The predicted octanol–water partition coefficient (Wildman–Crippen LogP) is 2.94. The summed E-state index contributed by atoms with van der Waals surface area (Å²) < 4.78 is 5.96. The average Bonchev–Trinajstić information content (AvgIpc) is 2.84. The van der Waals surface area contributed by atoms with E-state index in [0.29, 0.717) is 17.8 Å². The van der Waals surface area contributed by atoms with Crippen molar-refractivity contribution in [3.8, 4) is 0 Å². The third-order valence-corrected chi connectivity index (χ3v) is 8.66. The van der Waals surface area contributed by atoms with Crippen LogP contribution in [0.25, 0.3) is 0 Å². The molecular formula is C13H14Br2O2. The van der Waals surface area contributed by atoms with Crippen molar-refractivity contribution < 1.29 is 9.53 Å². The molecule has 0 spiro atoms. The van der Waals surface area contributed by atoms with Gasteiger partial charge in [-0.3, -0.25) is 4.79 Å². The summed E-state index contributed by atoms with van der Waals surface area (Å²) in [6.45, 7) is 1.57. The Hall–Kier alpha value is 0.430. The second kappa shape index (κ2) is 2.52. The molecular weight excluding hydrogens is 348 g/mol. The van der Waals surface area contributed by atoms with Crippen molar-refractivity contribution in [1.82, 2.24) is 0 Å². The van der Waals surface area contributed by atoms with Crippen LogP contribution in [0.15, 0.2) is 0 Å². The van der Waals surface area contributed by atoms with Gasteiger partial charge in [0.05, 0.1) is 3.23 Å². The fourth-order valence-corrected chi connectivity index (χ4v) is 9.58. The molecule has 6 bridgehead atoms. The van der Waals surface area contributed by atoms with Crippen molar-refractivity contribution in [3.05, 3.63) is 0 Å². The van der Waals surface area contributed by atoms with E-state index in [1.165, 1.54) is 6.42 Å². The van der Waals surface area contributed by atoms with Gasteiger partial charge in [-0.2, -0.15) is 0 Å². The van der Waals surface area contributed by atoms with E-state index in [9.17, 15) is 4.79 Å². The largest absolute Gasteiger partial charge is 0.459 e. The molecule has 8 atom stereocenters. The normalized spacial score (nSPS) is 66.4. The van der Waals surface area contributed by atoms with Crippen molar-refractivity contribution in [2.75, 3.05) is 0 Å². The molecule has 0 heterocycles. The van der Waals surface area contributed by atoms with Gasteiger partial charge in [-0.25, -0.2) is 0 Å². The van der Waals surface area contributed by atoms with Gasteiger partial charge >= 0.3 is 5.97 Å². The maximum Gasteiger partial charge on any atom is 0.303 e. The SMILES string of the molecule is CC(=O)OC12CC3C4CC5C3C1C(Br)(Br)C5C42. The van der Waals surface area contributed by atoms with Gasteiger partial charge in [0.25, 0.3) is 0 Å². The molecule has 0 aromatic heterocycles. The van der Waals surface area contributed by atoms with Gasteiger partial charge < -0.3 is 4.74 Å². The maximum absolute atomic E-state index is 11.5. The number of alkyl halides is 2. The van der Waals surface area contributed by atoms with Crippen LogP contribution in [0.2, 0.25) is 0 Å². The van der Waals surface area contributed by atoms with Gasteiger partial charge in [0.1, 0.15) is 5.60 Å². The summed E-state index contributed by atoms with van der Waals surface area (Å²) in [5.41, 5.74) is -0.115. The Bertz CT molecular complexity index is 462. The van der Waals surface area contributed by atoms with Crippen LogP contribution in [0.5, 0.6) is 0 Å². The second-order valence-electron chi connectivity index (χ2n) is 6.76. The van der Waals surface area contributed by atoms with Crippen LogP contribution < -0.4 is 0 Å². The van der Waals surface area contributed by atoms with Crippen molar-refractivity contribution >= 4 is 37.8 Å². The lowest BCUT2D eigenvalue weighted by atomic mass is 9.69. The topological polar surface area (TPSA) is 26.3 Å². The van der Waals surface area contributed by atoms with E-state index >= 15 is 0 Å². The van der Waals surface area contributed by atoms with Crippen LogP contribution in [-0.2, 0) is 9.53 Å². The van der Waals surface area contributed by atoms with E-state index in [1.807, 2.05) is 0 Å². The molecule has 0 aromatic carbocycles. The van der Waals surface area contributed by atoms with Gasteiger partial charge in [0.2, 0.25) is 0 Å². The number of carbonyl (C=O) groups is 1. The number of ether oxygens (including phenoxy) is 1. The summed E-state index contributed by atoms with van der Waals surface area (Å²) in [5, 5.41) is 0. The molecule has 0 saturated heterocycles. The molecule has 6 aliphatic rings. The average molecular weight is 362 g/mol. The third kappa shape index (κ3) is 0.775. The van der Waals surface area contributed by atoms with Gasteiger partial charge in [0.15, 0.2) is 0 Å². The Morgan fingerprint density at radius 3 is 2.71 bits per heavy atom. The van der Waals surface area contributed by atoms with Gasteiger partial charge in [-0.1, -0.05) is 31.9 Å². The van der Waals surface area contributed by atoms with Crippen LogP contribution >= 0.6 is 31.9 Å². The number of esters is 1. The van der Waals surface area contributed by atoms with E-state index in [4.69, 9.17) is 4.74 Å². The lowest BCUT2D eigenvalue weighted by Crippen LogP contribution is -2.47. The zero-order chi connectivity index (χ0) is 11.7. The zero-order valence-corrected chi connectivity index (χ0v) is 12.7. The molecule has 4 heteroatoms. The highest BCUT2D eigenvalue weighted by molar-refractivity contribution is 9.25. The number of carbonyl (C=O) groups excluding carboxylic acids is 1. The number of rotatable bonds is 1. The standard InChI is InChI=1S/C13H14Br2O2/c1-4(16)17-12-3-7-5-2-6-8(7)11(12)13(14,15)10(6)9(5)12/h5-11H,2-3H2,1H3. The molecule has 17 heavy (non-hydrogen) atoms. The first-order chi connectivity index (χ1) is 7.98. The zero-order valence-electron chi connectivity index (χ0n) is 9.53. The molecule has 6 rings (SSSR count). The molecule has 8 unspecified atom stereocenters. The Morgan fingerprint density at radius 1 is 1.24 bits per heavy atom. The summed E-state index contributed by atoms with van der Waals surface area (Å²) >= 11 is 7.88. The van der Waals surface area contributed by atoms with Crippen LogP contribution in [0.1, 0.15) is 19.8 Å². The molecule has 0 aliphatic heterocycles. The first kappa shape index (κ1) is 10.2. The van der Waals surface area contributed by atoms with Crippen molar-refractivity contribution in [1.29, 1.82) is 0 Å². The van der Waals surface area contributed by atoms with Crippen LogP contribution in [-0.4, -0.2) is 14.8 Å². The van der Waals surface area contributed by atoms with Crippen molar-refractivity contribution in [2.24, 2.45) is 41.4 Å². The summed E-state index contributed by atoms with van der Waals surface area (Å²) in [7, 11) is 0. The second-order valence-corrected chi connectivity index (χ2v) is 10.4. The molecule has 0 N–H and O–H groups in total. The van der Waals surface area contributed by atoms with Crippen molar-refractivity contribution in [2.45, 2.75) is 28.6 Å². The van der Waals surface area contributed by atoms with E-state index in [1.54, 1.807) is 6.92 Å². The minimum atomic E-state index is -0.115. The summed E-state index contributed by atoms with van der Waals surface area (Å²) in [6.07, 6.45) is 2.53. The van der Waals surface area contributed by atoms with E-state index in [2.05, 4.69) is 31.9 Å². The maximum atomic E-state index is 11.5. The van der Waals surface area contributed by atoms with Gasteiger partial charge in [0, 0.05) is 18.8 Å². The smallest absolute Gasteiger partial charge is 0.303 e. The highest BCUT2D eigenvalue weighted by Gasteiger charge is 2.90. The minimum Gasteiger partial charge on any atom is -0.459 e. The predicted molar refractivity (Wildman–Crippen MR) is 68.7 cm³/mol. The first-order valence-corrected chi connectivity index (χ1v) is 8.14. The van der Waals surface area contributed by atoms with Crippen molar-refractivity contribution in [3.63, 3.8) is 0 Å². The Morgan fingerprint density at radius 2 is 2.00 bits per heavy atom. The van der Waals surface area contributed by atoms with Gasteiger partial charge in [-0.05, 0) is 42.4 Å². The quantitative estimate of drug-likeness (QED) is 0.530.